The average molecular weight is 447 g/mol. The molecule has 1 aromatic heterocycles. The number of amides is 1. The van der Waals surface area contributed by atoms with Gasteiger partial charge in [0.2, 0.25) is 0 Å². The second kappa shape index (κ2) is 8.36. The maximum atomic E-state index is 12.8. The molecule has 0 aliphatic heterocycles. The largest absolute Gasteiger partial charge is 0.325 e. The molecular weight excluding hydrogens is 435 g/mol. The van der Waals surface area contributed by atoms with Crippen molar-refractivity contribution in [2.75, 3.05) is 10.0 Å². The molecule has 0 saturated carbocycles. The summed E-state index contributed by atoms with van der Waals surface area (Å²) >= 11 is 14.6. The van der Waals surface area contributed by atoms with E-state index in [0.717, 1.165) is 15.9 Å². The summed E-state index contributed by atoms with van der Waals surface area (Å²) in [4.78, 5) is 13.7. The van der Waals surface area contributed by atoms with Crippen molar-refractivity contribution in [2.45, 2.75) is 4.90 Å². The monoisotopic (exact) mass is 446 g/mol. The van der Waals surface area contributed by atoms with Crippen molar-refractivity contribution in [1.82, 2.24) is 8.75 Å². The third-order valence-electron chi connectivity index (χ3n) is 3.83. The predicted molar refractivity (Wildman–Crippen MR) is 118 cm³/mol. The number of carbonyl (C=O) groups excluding carboxylic acids is 1. The van der Waals surface area contributed by atoms with Crippen LogP contribution < -0.4 is 10.0 Å². The van der Waals surface area contributed by atoms with Crippen molar-refractivity contribution >= 4 is 75.2 Å². The van der Waals surface area contributed by atoms with Gasteiger partial charge in [-0.1, -0.05) is 35.3 Å². The summed E-state index contributed by atoms with van der Waals surface area (Å²) in [5.41, 5.74) is 3.32. The van der Waals surface area contributed by atoms with E-state index in [2.05, 4.69) is 18.8 Å². The molecule has 28 heavy (non-hydrogen) atoms. The molecule has 0 aliphatic carbocycles. The van der Waals surface area contributed by atoms with Crippen LogP contribution in [0.4, 0.5) is 11.4 Å². The van der Waals surface area contributed by atoms with Crippen molar-refractivity contribution in [2.24, 2.45) is 0 Å². The highest BCUT2D eigenvalue weighted by Crippen LogP contribution is 2.30. The van der Waals surface area contributed by atoms with Gasteiger partial charge in [-0.3, -0.25) is 4.79 Å². The highest BCUT2D eigenvalue weighted by molar-refractivity contribution is 8.00. The SMILES string of the molecule is O=C(Nc1cccc(Cl)c1)c1cc(Cl)ccc1NSc1cccc2nsnc12. The molecule has 0 fully saturated rings. The van der Waals surface area contributed by atoms with E-state index < -0.39 is 0 Å². The number of nitrogens with zero attached hydrogens (tertiary/aromatic N) is 2. The molecule has 0 radical (unpaired) electrons. The van der Waals surface area contributed by atoms with E-state index in [1.54, 1.807) is 42.5 Å². The first-order valence-electron chi connectivity index (χ1n) is 8.11. The molecule has 9 heteroatoms. The fourth-order valence-corrected chi connectivity index (χ4v) is 4.29. The standard InChI is InChI=1S/C19H12Cl2N4OS2/c20-11-3-1-4-13(9-11)22-19(26)14-10-12(21)7-8-15(14)23-27-17-6-2-5-16-18(17)25-28-24-16/h1-10,23H,(H,22,26). The number of hydrogen-bond donors (Lipinski definition) is 2. The Morgan fingerprint density at radius 1 is 0.964 bits per heavy atom. The molecule has 140 valence electrons. The second-order valence-electron chi connectivity index (χ2n) is 5.75. The van der Waals surface area contributed by atoms with Crippen LogP contribution in [0.3, 0.4) is 0 Å². The van der Waals surface area contributed by atoms with Crippen LogP contribution in [0.2, 0.25) is 10.0 Å². The Hall–Kier alpha value is -2.32. The Labute approximate surface area is 179 Å². The topological polar surface area (TPSA) is 66.9 Å². The van der Waals surface area contributed by atoms with Gasteiger partial charge < -0.3 is 10.0 Å². The number of aromatic nitrogens is 2. The number of benzene rings is 3. The van der Waals surface area contributed by atoms with Crippen LogP contribution in [0, 0.1) is 0 Å². The molecule has 0 spiro atoms. The van der Waals surface area contributed by atoms with Gasteiger partial charge in [-0.2, -0.15) is 8.75 Å². The summed E-state index contributed by atoms with van der Waals surface area (Å²) in [7, 11) is 0. The summed E-state index contributed by atoms with van der Waals surface area (Å²) < 4.78 is 11.8. The highest BCUT2D eigenvalue weighted by atomic mass is 35.5. The number of fused-ring (bicyclic) bond motifs is 1. The van der Waals surface area contributed by atoms with Gasteiger partial charge in [-0.05, 0) is 60.5 Å². The molecular formula is C19H12Cl2N4OS2. The van der Waals surface area contributed by atoms with Gasteiger partial charge >= 0.3 is 0 Å². The van der Waals surface area contributed by atoms with E-state index in [4.69, 9.17) is 23.2 Å². The molecule has 0 saturated heterocycles. The number of hydrogen-bond acceptors (Lipinski definition) is 6. The number of nitrogens with one attached hydrogen (secondary N) is 2. The Morgan fingerprint density at radius 2 is 1.79 bits per heavy atom. The molecule has 1 heterocycles. The Balaban J connectivity index is 1.58. The molecule has 3 aromatic carbocycles. The molecule has 4 rings (SSSR count). The zero-order chi connectivity index (χ0) is 19.5. The first-order chi connectivity index (χ1) is 13.6. The van der Waals surface area contributed by atoms with Crippen molar-refractivity contribution in [3.63, 3.8) is 0 Å². The molecule has 1 amide bonds. The zero-order valence-electron chi connectivity index (χ0n) is 14.1. The molecule has 2 N–H and O–H groups in total. The fourth-order valence-electron chi connectivity index (χ4n) is 2.53. The average Bonchev–Trinajstić information content (AvgIpc) is 3.16. The van der Waals surface area contributed by atoms with Gasteiger partial charge in [0.15, 0.2) is 0 Å². The molecule has 0 bridgehead atoms. The van der Waals surface area contributed by atoms with Crippen LogP contribution in [-0.2, 0) is 0 Å². The predicted octanol–water partition coefficient (Wildman–Crippen LogP) is 6.37. The van der Waals surface area contributed by atoms with Gasteiger partial charge in [0.25, 0.3) is 5.91 Å². The minimum absolute atomic E-state index is 0.290. The van der Waals surface area contributed by atoms with Gasteiger partial charge in [-0.15, -0.1) is 0 Å². The smallest absolute Gasteiger partial charge is 0.257 e. The molecule has 0 aliphatic rings. The lowest BCUT2D eigenvalue weighted by atomic mass is 10.1. The van der Waals surface area contributed by atoms with Crippen molar-refractivity contribution < 1.29 is 4.79 Å². The van der Waals surface area contributed by atoms with Crippen LogP contribution in [0.5, 0.6) is 0 Å². The number of carbonyl (C=O) groups is 1. The van der Waals surface area contributed by atoms with Crippen molar-refractivity contribution in [3.05, 3.63) is 76.3 Å². The van der Waals surface area contributed by atoms with Crippen LogP contribution in [-0.4, -0.2) is 14.7 Å². The van der Waals surface area contributed by atoms with E-state index in [0.29, 0.717) is 27.0 Å². The lowest BCUT2D eigenvalue weighted by molar-refractivity contribution is 0.102. The molecule has 0 unspecified atom stereocenters. The molecule has 5 nitrogen and oxygen atoms in total. The minimum Gasteiger partial charge on any atom is -0.325 e. The Morgan fingerprint density at radius 3 is 2.64 bits per heavy atom. The summed E-state index contributed by atoms with van der Waals surface area (Å²) in [6.07, 6.45) is 0. The second-order valence-corrected chi connectivity index (χ2v) is 8.00. The Kier molecular flexibility index (Phi) is 5.68. The third-order valence-corrected chi connectivity index (χ3v) is 5.71. The Bertz CT molecular complexity index is 1170. The van der Waals surface area contributed by atoms with E-state index in [1.165, 1.54) is 23.7 Å². The first-order valence-corrected chi connectivity index (χ1v) is 10.4. The quantitative estimate of drug-likeness (QED) is 0.348. The van der Waals surface area contributed by atoms with Crippen LogP contribution >= 0.6 is 46.9 Å². The van der Waals surface area contributed by atoms with Crippen molar-refractivity contribution in [3.8, 4) is 0 Å². The summed E-state index contributed by atoms with van der Waals surface area (Å²) in [5, 5.41) is 3.85. The summed E-state index contributed by atoms with van der Waals surface area (Å²) in [5.74, 6) is -0.290. The first kappa shape index (κ1) is 19.0. The zero-order valence-corrected chi connectivity index (χ0v) is 17.3. The van der Waals surface area contributed by atoms with Crippen LogP contribution in [0.15, 0.2) is 65.6 Å². The lowest BCUT2D eigenvalue weighted by Gasteiger charge is -2.12. The van der Waals surface area contributed by atoms with Gasteiger partial charge in [0, 0.05) is 15.7 Å². The molecule has 0 atom stereocenters. The van der Waals surface area contributed by atoms with Gasteiger partial charge in [0.1, 0.15) is 11.0 Å². The molecule has 4 aromatic rings. The van der Waals surface area contributed by atoms with Crippen molar-refractivity contribution in [1.29, 1.82) is 0 Å². The lowest BCUT2D eigenvalue weighted by Crippen LogP contribution is -2.13. The van der Waals surface area contributed by atoms with E-state index >= 15 is 0 Å². The minimum atomic E-state index is -0.290. The number of anilines is 2. The summed E-state index contributed by atoms with van der Waals surface area (Å²) in [6, 6.07) is 17.9. The number of rotatable bonds is 5. The van der Waals surface area contributed by atoms with E-state index in [1.807, 2.05) is 18.2 Å². The highest BCUT2D eigenvalue weighted by Gasteiger charge is 2.14. The number of halogens is 2. The maximum Gasteiger partial charge on any atom is 0.257 e. The van der Waals surface area contributed by atoms with Crippen LogP contribution in [0.1, 0.15) is 10.4 Å². The van der Waals surface area contributed by atoms with Gasteiger partial charge in [-0.25, -0.2) is 0 Å². The third kappa shape index (κ3) is 4.23. The fraction of sp³-hybridized carbons (Fsp3) is 0. The van der Waals surface area contributed by atoms with Crippen LogP contribution in [0.25, 0.3) is 11.0 Å². The van der Waals surface area contributed by atoms with Gasteiger partial charge in [0.05, 0.1) is 27.9 Å². The van der Waals surface area contributed by atoms with E-state index in [9.17, 15) is 4.79 Å². The summed E-state index contributed by atoms with van der Waals surface area (Å²) in [6.45, 7) is 0. The normalized spacial score (nSPS) is 10.8. The maximum absolute atomic E-state index is 12.8. The van der Waals surface area contributed by atoms with E-state index in [-0.39, 0.29) is 5.91 Å².